The zero-order valence-electron chi connectivity index (χ0n) is 9.00. The van der Waals surface area contributed by atoms with Crippen molar-refractivity contribution in [2.75, 3.05) is 11.2 Å². The van der Waals surface area contributed by atoms with Crippen LogP contribution in [0.5, 0.6) is 11.5 Å². The average molecular weight is 377 g/mol. The van der Waals surface area contributed by atoms with Crippen molar-refractivity contribution in [3.63, 3.8) is 0 Å². The molecule has 0 saturated heterocycles. The molecule has 0 amide bonds. The van der Waals surface area contributed by atoms with Crippen molar-refractivity contribution >= 4 is 22.6 Å². The Hall–Kier alpha value is -0.0105. The third kappa shape index (κ3) is 6.55. The van der Waals surface area contributed by atoms with Gasteiger partial charge in [0.2, 0.25) is 0 Å². The molecule has 0 saturated carbocycles. The minimum atomic E-state index is 0. The Morgan fingerprint density at radius 1 is 1.44 bits per heavy atom. The third-order valence-electron chi connectivity index (χ3n) is 1.53. The molecular weight excluding hydrogens is 362 g/mol. The van der Waals surface area contributed by atoms with Crippen LogP contribution >= 0.6 is 22.6 Å². The van der Waals surface area contributed by atoms with E-state index in [4.69, 9.17) is 9.57 Å². The van der Waals surface area contributed by atoms with Crippen molar-refractivity contribution in [1.82, 2.24) is 5.48 Å². The van der Waals surface area contributed by atoms with E-state index in [1.165, 1.54) is 0 Å². The molecule has 6 heteroatoms. The van der Waals surface area contributed by atoms with Gasteiger partial charge in [-0.25, -0.2) is 0 Å². The third-order valence-corrected chi connectivity index (χ3v) is 1.84. The van der Waals surface area contributed by atoms with Gasteiger partial charge in [0.15, 0.2) is 0 Å². The molecule has 0 unspecified atom stereocenters. The minimum Gasteiger partial charge on any atom is -0.693 e. The summed E-state index contributed by atoms with van der Waals surface area (Å²) in [5.74, 6) is 1.42. The van der Waals surface area contributed by atoms with Crippen molar-refractivity contribution in [3.8, 4) is 11.5 Å². The van der Waals surface area contributed by atoms with Gasteiger partial charge in [-0.15, -0.1) is 12.1 Å². The summed E-state index contributed by atoms with van der Waals surface area (Å²) in [5.41, 5.74) is 2.85. The van der Waals surface area contributed by atoms with Gasteiger partial charge in [0.05, 0.1) is 11.5 Å². The molecule has 0 fully saturated rings. The van der Waals surface area contributed by atoms with Gasteiger partial charge in [-0.1, -0.05) is 6.92 Å². The van der Waals surface area contributed by atoms with E-state index in [1.807, 2.05) is 6.07 Å². The number of benzene rings is 1. The first-order chi connectivity index (χ1) is 6.88. The zero-order chi connectivity index (χ0) is 10.2. The Morgan fingerprint density at radius 3 is 2.81 bits per heavy atom. The Kier molecular flexibility index (Phi) is 13.2. The second kappa shape index (κ2) is 11.5. The van der Waals surface area contributed by atoms with Gasteiger partial charge in [0.1, 0.15) is 4.61 Å². The molecule has 16 heavy (non-hydrogen) atoms. The number of alkyl halides is 1. The Morgan fingerprint density at radius 2 is 2.19 bits per heavy atom. The van der Waals surface area contributed by atoms with Crippen molar-refractivity contribution in [2.45, 2.75) is 13.3 Å². The van der Waals surface area contributed by atoms with Crippen LogP contribution < -0.4 is 15.1 Å². The van der Waals surface area contributed by atoms with Crippen molar-refractivity contribution in [2.24, 2.45) is 0 Å². The first-order valence-electron chi connectivity index (χ1n) is 4.47. The summed E-state index contributed by atoms with van der Waals surface area (Å²) in [7, 11) is 0. The van der Waals surface area contributed by atoms with Gasteiger partial charge < -0.3 is 15.7 Å². The summed E-state index contributed by atoms with van der Waals surface area (Å²) in [5, 5.41) is 0. The fourth-order valence-electron chi connectivity index (χ4n) is 0.888. The number of nitrogens with two attached hydrogens (primary N) is 1. The fraction of sp³-hybridized carbons (Fsp3) is 0.400. The van der Waals surface area contributed by atoms with E-state index in [0.29, 0.717) is 16.1 Å². The first-order valence-corrected chi connectivity index (χ1v) is 5.99. The molecule has 0 atom stereocenters. The summed E-state index contributed by atoms with van der Waals surface area (Å²) in [6.45, 7) is 2.90. The van der Waals surface area contributed by atoms with Crippen LogP contribution in [0, 0.1) is 6.07 Å². The Balaban J connectivity index is 0. The second-order valence-corrected chi connectivity index (χ2v) is 3.25. The molecule has 1 radical (unpaired) electrons. The molecule has 1 aromatic carbocycles. The molecule has 1 aromatic rings. The van der Waals surface area contributed by atoms with Crippen LogP contribution in [0.4, 0.5) is 0 Å². The predicted molar refractivity (Wildman–Crippen MR) is 69.0 cm³/mol. The monoisotopic (exact) mass is 377 g/mol. The fourth-order valence-corrected chi connectivity index (χ4v) is 1.22. The molecule has 0 heterocycles. The summed E-state index contributed by atoms with van der Waals surface area (Å²) in [6.07, 6.45) is 1.03. The summed E-state index contributed by atoms with van der Waals surface area (Å²) in [4.78, 5) is 5.33. The molecule has 4 nitrogen and oxygen atoms in total. The van der Waals surface area contributed by atoms with E-state index in [0.717, 1.165) is 13.0 Å². The van der Waals surface area contributed by atoms with Crippen LogP contribution in [0.15, 0.2) is 18.2 Å². The molecule has 3 N–H and O–H groups in total. The first kappa shape index (κ1) is 18.4. The topological polar surface area (TPSA) is 64.0 Å². The van der Waals surface area contributed by atoms with Gasteiger partial charge in [-0.3, -0.25) is 0 Å². The SMILES string of the molecule is CCCNOc1cc[c-]cc1OCI.[Mn+2].[NH2-]. The maximum atomic E-state index is 5.36. The van der Waals surface area contributed by atoms with Crippen LogP contribution in [0.3, 0.4) is 0 Å². The van der Waals surface area contributed by atoms with Crippen LogP contribution in [-0.2, 0) is 17.1 Å². The number of rotatable bonds is 6. The summed E-state index contributed by atoms with van der Waals surface area (Å²) >= 11 is 2.14. The van der Waals surface area contributed by atoms with Crippen LogP contribution in [-0.4, -0.2) is 11.2 Å². The number of hydroxylamine groups is 1. The van der Waals surface area contributed by atoms with Crippen LogP contribution in [0.1, 0.15) is 13.3 Å². The van der Waals surface area contributed by atoms with Crippen molar-refractivity contribution < 1.29 is 26.6 Å². The Labute approximate surface area is 121 Å². The smallest absolute Gasteiger partial charge is 0.693 e. The van der Waals surface area contributed by atoms with E-state index < -0.39 is 0 Å². The quantitative estimate of drug-likeness (QED) is 0.207. The van der Waals surface area contributed by atoms with Gasteiger partial charge in [0.25, 0.3) is 0 Å². The molecule has 0 aliphatic rings. The largest absolute Gasteiger partial charge is 2.00 e. The number of halogens is 1. The van der Waals surface area contributed by atoms with Gasteiger partial charge in [-0.05, 0) is 29.0 Å². The van der Waals surface area contributed by atoms with Crippen LogP contribution in [0.2, 0.25) is 0 Å². The number of nitrogens with one attached hydrogen (secondary N) is 1. The standard InChI is InChI=1S/C10H13INO2.Mn.H2N/c1-2-7-12-14-10-6-4-3-5-9(10)13-8-11;;/h4-6,12H,2,7-8H2,1H3;;1H2/q-1;+2;-1. The van der Waals surface area contributed by atoms with E-state index in [-0.39, 0.29) is 23.2 Å². The Bertz CT molecular complexity index is 277. The van der Waals surface area contributed by atoms with E-state index in [2.05, 4.69) is 41.1 Å². The zero-order valence-corrected chi connectivity index (χ0v) is 12.3. The van der Waals surface area contributed by atoms with E-state index in [1.54, 1.807) is 12.1 Å². The second-order valence-electron chi connectivity index (χ2n) is 2.62. The van der Waals surface area contributed by atoms with Crippen molar-refractivity contribution in [1.29, 1.82) is 0 Å². The predicted octanol–water partition coefficient (Wildman–Crippen LogP) is 3.27. The molecule has 91 valence electrons. The molecule has 0 aliphatic heterocycles. The van der Waals surface area contributed by atoms with E-state index >= 15 is 0 Å². The van der Waals surface area contributed by atoms with Crippen LogP contribution in [0.25, 0.3) is 6.15 Å². The van der Waals surface area contributed by atoms with E-state index in [9.17, 15) is 0 Å². The molecule has 0 aromatic heterocycles. The normalized spacial score (nSPS) is 8.62. The summed E-state index contributed by atoms with van der Waals surface area (Å²) < 4.78 is 5.96. The molecule has 1 rings (SSSR count). The average Bonchev–Trinajstić information content (AvgIpc) is 2.21. The number of ether oxygens (including phenoxy) is 1. The van der Waals surface area contributed by atoms with Gasteiger partial charge in [0, 0.05) is 6.54 Å². The van der Waals surface area contributed by atoms with Crippen molar-refractivity contribution in [3.05, 3.63) is 30.4 Å². The maximum Gasteiger partial charge on any atom is 2.00 e. The minimum absolute atomic E-state index is 0. The number of hydrogen-bond donors (Lipinski definition) is 1. The summed E-state index contributed by atoms with van der Waals surface area (Å²) in [6, 6.07) is 8.32. The molecule has 0 spiro atoms. The van der Waals surface area contributed by atoms with Gasteiger partial charge >= 0.3 is 17.1 Å². The van der Waals surface area contributed by atoms with Gasteiger partial charge in [-0.2, -0.15) is 17.6 Å². The molecule has 0 aliphatic carbocycles. The molecular formula is C10H15IMnN2O2. The molecule has 0 bridgehead atoms. The number of hydrogen-bond acceptors (Lipinski definition) is 3. The maximum absolute atomic E-state index is 5.36.